The highest BCUT2D eigenvalue weighted by atomic mass is 19.2. The standard InChI is InChI=1S/C8HF7/c9-2-1-3(10)5(12)7(14)8(15)6(13)4(2)11/h1H/b2-1+,3-1?,4-2?,5-3-,6-4-,7-5?,8-6?,8-7-. The molecule has 0 heterocycles. The summed E-state index contributed by atoms with van der Waals surface area (Å²) < 4.78 is 87.1. The van der Waals surface area contributed by atoms with Crippen molar-refractivity contribution in [1.82, 2.24) is 0 Å². The van der Waals surface area contributed by atoms with Crippen LogP contribution >= 0.6 is 0 Å². The van der Waals surface area contributed by atoms with E-state index in [4.69, 9.17) is 0 Å². The minimum atomic E-state index is -2.64. The lowest BCUT2D eigenvalue weighted by molar-refractivity contribution is 0.424. The van der Waals surface area contributed by atoms with Crippen molar-refractivity contribution in [3.05, 3.63) is 46.9 Å². The molecule has 0 N–H and O–H groups in total. The van der Waals surface area contributed by atoms with Crippen molar-refractivity contribution in [3.63, 3.8) is 0 Å². The molecule has 0 saturated heterocycles. The molecule has 0 bridgehead atoms. The van der Waals surface area contributed by atoms with Crippen LogP contribution in [0.5, 0.6) is 0 Å². The summed E-state index contributed by atoms with van der Waals surface area (Å²) in [5, 5.41) is 0. The van der Waals surface area contributed by atoms with Gasteiger partial charge >= 0.3 is 0 Å². The van der Waals surface area contributed by atoms with Gasteiger partial charge in [0.2, 0.25) is 17.5 Å². The van der Waals surface area contributed by atoms with Crippen LogP contribution in [0.1, 0.15) is 0 Å². The van der Waals surface area contributed by atoms with Crippen LogP contribution < -0.4 is 0 Å². The van der Waals surface area contributed by atoms with E-state index in [1.54, 1.807) is 0 Å². The minimum Gasteiger partial charge on any atom is -0.204 e. The van der Waals surface area contributed by atoms with Gasteiger partial charge in [-0.15, -0.1) is 0 Å². The minimum absolute atomic E-state index is 0.434. The topological polar surface area (TPSA) is 0 Å². The molecule has 1 aliphatic rings. The molecular weight excluding hydrogens is 229 g/mol. The molecule has 1 rings (SSSR count). The molecule has 1 aliphatic carbocycles. The van der Waals surface area contributed by atoms with Gasteiger partial charge in [-0.2, -0.15) is 0 Å². The fraction of sp³-hybridized carbons (Fsp3) is 0. The zero-order chi connectivity index (χ0) is 11.7. The molecule has 0 spiro atoms. The second kappa shape index (κ2) is 3.92. The van der Waals surface area contributed by atoms with Crippen molar-refractivity contribution in [3.8, 4) is 0 Å². The van der Waals surface area contributed by atoms with Crippen molar-refractivity contribution >= 4 is 0 Å². The first-order chi connectivity index (χ1) is 6.86. The normalized spacial score (nSPS) is 37.1. The highest BCUT2D eigenvalue weighted by molar-refractivity contribution is 5.44. The highest BCUT2D eigenvalue weighted by Gasteiger charge is 2.27. The van der Waals surface area contributed by atoms with Crippen molar-refractivity contribution in [2.75, 3.05) is 0 Å². The molecule has 0 aromatic rings. The Labute approximate surface area is 78.7 Å². The molecule has 0 fully saturated rings. The predicted molar refractivity (Wildman–Crippen MR) is 36.9 cm³/mol. The predicted octanol–water partition coefficient (Wildman–Crippen LogP) is 4.31. The van der Waals surface area contributed by atoms with Crippen LogP contribution in [0.2, 0.25) is 0 Å². The lowest BCUT2D eigenvalue weighted by Gasteiger charge is -2.03. The molecule has 0 amide bonds. The quantitative estimate of drug-likeness (QED) is 0.544. The molecule has 7 heteroatoms. The smallest absolute Gasteiger partial charge is 0.200 e. The van der Waals surface area contributed by atoms with Gasteiger partial charge in [0.1, 0.15) is 0 Å². The Kier molecular flexibility index (Phi) is 3.01. The van der Waals surface area contributed by atoms with Crippen molar-refractivity contribution in [2.45, 2.75) is 0 Å². The Bertz CT molecular complexity index is 424. The first kappa shape index (κ1) is 11.5. The largest absolute Gasteiger partial charge is 0.204 e. The van der Waals surface area contributed by atoms with Gasteiger partial charge in [-0.25, -0.2) is 30.7 Å². The molecule has 0 saturated carbocycles. The van der Waals surface area contributed by atoms with Crippen LogP contribution in [-0.4, -0.2) is 0 Å². The van der Waals surface area contributed by atoms with E-state index in [0.29, 0.717) is 0 Å². The number of halogens is 7. The van der Waals surface area contributed by atoms with E-state index in [9.17, 15) is 30.7 Å². The van der Waals surface area contributed by atoms with E-state index in [0.717, 1.165) is 0 Å². The number of hydrogen-bond acceptors (Lipinski definition) is 0. The van der Waals surface area contributed by atoms with Gasteiger partial charge in [0, 0.05) is 6.08 Å². The van der Waals surface area contributed by atoms with Gasteiger partial charge in [0.25, 0.3) is 0 Å². The molecule has 0 aliphatic heterocycles. The maximum Gasteiger partial charge on any atom is 0.200 e. The lowest BCUT2D eigenvalue weighted by atomic mass is 10.2. The second-order valence-electron chi connectivity index (χ2n) is 2.41. The molecule has 0 atom stereocenters. The summed E-state index contributed by atoms with van der Waals surface area (Å²) in [6.07, 6.45) is -0.434. The average Bonchev–Trinajstić information content (AvgIpc) is 2.22. The zero-order valence-corrected chi connectivity index (χ0v) is 6.72. The third-order valence-corrected chi connectivity index (χ3v) is 1.44. The summed E-state index contributed by atoms with van der Waals surface area (Å²) in [5.41, 5.74) is 0. The van der Waals surface area contributed by atoms with Gasteiger partial charge in [-0.1, -0.05) is 0 Å². The first-order valence-electron chi connectivity index (χ1n) is 3.40. The first-order valence-corrected chi connectivity index (χ1v) is 3.40. The molecule has 0 aromatic heterocycles. The van der Waals surface area contributed by atoms with Gasteiger partial charge < -0.3 is 0 Å². The summed E-state index contributed by atoms with van der Waals surface area (Å²) in [4.78, 5) is 0. The second-order valence-corrected chi connectivity index (χ2v) is 2.41. The van der Waals surface area contributed by atoms with Crippen LogP contribution in [0.15, 0.2) is 46.9 Å². The van der Waals surface area contributed by atoms with Crippen LogP contribution in [0.25, 0.3) is 0 Å². The van der Waals surface area contributed by atoms with E-state index in [-0.39, 0.29) is 0 Å². The fourth-order valence-corrected chi connectivity index (χ4v) is 0.737. The highest BCUT2D eigenvalue weighted by Crippen LogP contribution is 2.35. The summed E-state index contributed by atoms with van der Waals surface area (Å²) in [6.45, 7) is 0. The Morgan fingerprint density at radius 2 is 0.933 bits per heavy atom. The third kappa shape index (κ3) is 1.95. The average molecular weight is 230 g/mol. The zero-order valence-electron chi connectivity index (χ0n) is 6.72. The lowest BCUT2D eigenvalue weighted by Crippen LogP contribution is -1.94. The molecule has 0 nitrogen and oxygen atoms in total. The van der Waals surface area contributed by atoms with Gasteiger partial charge in [-0.05, 0) is 0 Å². The van der Waals surface area contributed by atoms with Gasteiger partial charge in [0.05, 0.1) is 0 Å². The van der Waals surface area contributed by atoms with E-state index in [1.807, 2.05) is 0 Å². The molecule has 0 unspecified atom stereocenters. The van der Waals surface area contributed by atoms with Crippen molar-refractivity contribution in [1.29, 1.82) is 0 Å². The Hall–Kier alpha value is -1.53. The maximum absolute atomic E-state index is 12.5. The van der Waals surface area contributed by atoms with E-state index in [1.165, 1.54) is 0 Å². The van der Waals surface area contributed by atoms with Crippen molar-refractivity contribution in [2.24, 2.45) is 0 Å². The third-order valence-electron chi connectivity index (χ3n) is 1.44. The number of allylic oxidation sites excluding steroid dienone is 8. The summed E-state index contributed by atoms with van der Waals surface area (Å²) in [7, 11) is 0. The molecule has 82 valence electrons. The summed E-state index contributed by atoms with van der Waals surface area (Å²) in [6, 6.07) is 0. The Balaban J connectivity index is 3.53. The summed E-state index contributed by atoms with van der Waals surface area (Å²) >= 11 is 0. The maximum atomic E-state index is 12.5. The van der Waals surface area contributed by atoms with Crippen LogP contribution in [0.3, 0.4) is 0 Å². The summed E-state index contributed by atoms with van der Waals surface area (Å²) in [5.74, 6) is -17.0. The van der Waals surface area contributed by atoms with Crippen molar-refractivity contribution < 1.29 is 30.7 Å². The van der Waals surface area contributed by atoms with Crippen LogP contribution in [0.4, 0.5) is 30.7 Å². The molecular formula is C8HF7. The van der Waals surface area contributed by atoms with Crippen LogP contribution in [0, 0.1) is 0 Å². The Morgan fingerprint density at radius 3 is 1.47 bits per heavy atom. The van der Waals surface area contributed by atoms with Gasteiger partial charge in [-0.3, -0.25) is 0 Å². The molecule has 0 radical (unpaired) electrons. The van der Waals surface area contributed by atoms with E-state index in [2.05, 4.69) is 0 Å². The number of rotatable bonds is 0. The molecule has 0 aromatic carbocycles. The molecule has 15 heavy (non-hydrogen) atoms. The Morgan fingerprint density at radius 1 is 0.533 bits per heavy atom. The van der Waals surface area contributed by atoms with Gasteiger partial charge in [0.15, 0.2) is 23.3 Å². The fourth-order valence-electron chi connectivity index (χ4n) is 0.737. The van der Waals surface area contributed by atoms with E-state index < -0.39 is 46.9 Å². The number of hydrogen-bond donors (Lipinski definition) is 0. The van der Waals surface area contributed by atoms with E-state index >= 15 is 0 Å². The van der Waals surface area contributed by atoms with Crippen LogP contribution in [-0.2, 0) is 0 Å². The SMILES string of the molecule is FC1=C(F)/C(F)=C(F)\C(F)=C(F)/C(F)=C\1. The monoisotopic (exact) mass is 230 g/mol.